The van der Waals surface area contributed by atoms with Crippen LogP contribution in [-0.2, 0) is 6.54 Å². The molecule has 0 heterocycles. The first kappa shape index (κ1) is 16.9. The van der Waals surface area contributed by atoms with Gasteiger partial charge in [-0.3, -0.25) is 4.79 Å². The number of carbonyl (C=O) groups is 1. The molecule has 23 heavy (non-hydrogen) atoms. The van der Waals surface area contributed by atoms with Crippen LogP contribution in [0.4, 0.5) is 0 Å². The van der Waals surface area contributed by atoms with Crippen molar-refractivity contribution in [2.45, 2.75) is 20.4 Å². The van der Waals surface area contributed by atoms with Gasteiger partial charge in [0, 0.05) is 30.8 Å². The molecule has 0 aliphatic carbocycles. The summed E-state index contributed by atoms with van der Waals surface area (Å²) in [6.45, 7) is 4.46. The second-order valence-corrected chi connectivity index (χ2v) is 5.59. The highest BCUT2D eigenvalue weighted by Crippen LogP contribution is 2.26. The molecule has 0 spiro atoms. The van der Waals surface area contributed by atoms with Gasteiger partial charge in [0.05, 0.1) is 14.2 Å². The summed E-state index contributed by atoms with van der Waals surface area (Å²) >= 11 is 0. The summed E-state index contributed by atoms with van der Waals surface area (Å²) < 4.78 is 10.6. The van der Waals surface area contributed by atoms with E-state index in [0.717, 1.165) is 28.0 Å². The zero-order valence-electron chi connectivity index (χ0n) is 14.3. The minimum Gasteiger partial charge on any atom is -0.497 e. The van der Waals surface area contributed by atoms with Crippen molar-refractivity contribution in [2.75, 3.05) is 21.3 Å². The Hall–Kier alpha value is -2.49. The fourth-order valence-electron chi connectivity index (χ4n) is 2.50. The maximum atomic E-state index is 12.7. The minimum atomic E-state index is 0.00377. The molecule has 0 aliphatic heterocycles. The van der Waals surface area contributed by atoms with Crippen LogP contribution >= 0.6 is 0 Å². The lowest BCUT2D eigenvalue weighted by Crippen LogP contribution is -2.27. The molecule has 4 heteroatoms. The number of ether oxygens (including phenoxy) is 2. The molecule has 2 rings (SSSR count). The van der Waals surface area contributed by atoms with E-state index in [9.17, 15) is 4.79 Å². The summed E-state index contributed by atoms with van der Waals surface area (Å²) in [6, 6.07) is 11.4. The molecule has 0 radical (unpaired) electrons. The summed E-state index contributed by atoms with van der Waals surface area (Å²) in [4.78, 5) is 14.4. The Kier molecular flexibility index (Phi) is 5.27. The zero-order valence-corrected chi connectivity index (χ0v) is 14.3. The Balaban J connectivity index is 2.23. The van der Waals surface area contributed by atoms with Crippen LogP contribution in [0, 0.1) is 13.8 Å². The van der Waals surface area contributed by atoms with Gasteiger partial charge in [0.2, 0.25) is 0 Å². The highest BCUT2D eigenvalue weighted by molar-refractivity contribution is 5.95. The maximum absolute atomic E-state index is 12.7. The van der Waals surface area contributed by atoms with Crippen molar-refractivity contribution in [2.24, 2.45) is 0 Å². The van der Waals surface area contributed by atoms with E-state index in [1.165, 1.54) is 0 Å². The smallest absolute Gasteiger partial charge is 0.254 e. The molecule has 0 saturated carbocycles. The molecule has 0 fully saturated rings. The maximum Gasteiger partial charge on any atom is 0.254 e. The summed E-state index contributed by atoms with van der Waals surface area (Å²) in [6.07, 6.45) is 0. The van der Waals surface area contributed by atoms with E-state index in [0.29, 0.717) is 12.3 Å². The summed E-state index contributed by atoms with van der Waals surface area (Å²) in [5.41, 5.74) is 3.81. The molecule has 122 valence electrons. The normalized spacial score (nSPS) is 10.3. The van der Waals surface area contributed by atoms with Crippen LogP contribution in [0.1, 0.15) is 27.0 Å². The van der Waals surface area contributed by atoms with Gasteiger partial charge in [0.15, 0.2) is 0 Å². The zero-order chi connectivity index (χ0) is 17.0. The highest BCUT2D eigenvalue weighted by atomic mass is 16.5. The molecule has 1 amide bonds. The minimum absolute atomic E-state index is 0.00377. The van der Waals surface area contributed by atoms with Crippen LogP contribution in [-0.4, -0.2) is 32.1 Å². The average Bonchev–Trinajstić information content (AvgIpc) is 2.57. The van der Waals surface area contributed by atoms with Crippen molar-refractivity contribution in [1.29, 1.82) is 0 Å². The molecule has 4 nitrogen and oxygen atoms in total. The van der Waals surface area contributed by atoms with Crippen LogP contribution in [0.2, 0.25) is 0 Å². The number of methoxy groups -OCH3 is 2. The van der Waals surface area contributed by atoms with Gasteiger partial charge < -0.3 is 14.4 Å². The Labute approximate surface area is 137 Å². The van der Waals surface area contributed by atoms with Crippen LogP contribution in [0.5, 0.6) is 11.5 Å². The lowest BCUT2D eigenvalue weighted by Gasteiger charge is -2.20. The molecule has 0 saturated heterocycles. The standard InChI is InChI=1S/C19H23NO3/c1-13-7-6-8-17(14(13)2)19(21)20(3)12-15-9-10-16(22-4)11-18(15)23-5/h6-11H,12H2,1-5H3. The van der Waals surface area contributed by atoms with Gasteiger partial charge in [0.1, 0.15) is 11.5 Å². The molecule has 0 aromatic heterocycles. The van der Waals surface area contributed by atoms with E-state index in [1.807, 2.05) is 50.2 Å². The fourth-order valence-corrected chi connectivity index (χ4v) is 2.50. The first-order valence-electron chi connectivity index (χ1n) is 7.50. The van der Waals surface area contributed by atoms with Crippen molar-refractivity contribution >= 4 is 5.91 Å². The SMILES string of the molecule is COc1ccc(CN(C)C(=O)c2cccc(C)c2C)c(OC)c1. The Morgan fingerprint density at radius 1 is 1.09 bits per heavy atom. The first-order chi connectivity index (χ1) is 11.0. The summed E-state index contributed by atoms with van der Waals surface area (Å²) in [5, 5.41) is 0. The number of carbonyl (C=O) groups excluding carboxylic acids is 1. The van der Waals surface area contributed by atoms with Crippen LogP contribution < -0.4 is 9.47 Å². The summed E-state index contributed by atoms with van der Waals surface area (Å²) in [5.74, 6) is 1.45. The number of aryl methyl sites for hydroxylation is 1. The Morgan fingerprint density at radius 3 is 2.48 bits per heavy atom. The van der Waals surface area contributed by atoms with E-state index in [4.69, 9.17) is 9.47 Å². The predicted molar refractivity (Wildman–Crippen MR) is 91.3 cm³/mol. The third-order valence-corrected chi connectivity index (χ3v) is 4.08. The third kappa shape index (κ3) is 3.65. The number of rotatable bonds is 5. The van der Waals surface area contributed by atoms with Gasteiger partial charge in [-0.2, -0.15) is 0 Å². The number of hydrogen-bond acceptors (Lipinski definition) is 3. The molecular formula is C19H23NO3. The van der Waals surface area contributed by atoms with Gasteiger partial charge in [-0.15, -0.1) is 0 Å². The Morgan fingerprint density at radius 2 is 1.83 bits per heavy atom. The van der Waals surface area contributed by atoms with E-state index >= 15 is 0 Å². The average molecular weight is 313 g/mol. The van der Waals surface area contributed by atoms with E-state index in [-0.39, 0.29) is 5.91 Å². The van der Waals surface area contributed by atoms with E-state index in [2.05, 4.69) is 0 Å². The van der Waals surface area contributed by atoms with Gasteiger partial charge in [0.25, 0.3) is 5.91 Å². The molecule has 2 aromatic rings. The largest absolute Gasteiger partial charge is 0.497 e. The van der Waals surface area contributed by atoms with Gasteiger partial charge in [-0.1, -0.05) is 12.1 Å². The second kappa shape index (κ2) is 7.18. The monoisotopic (exact) mass is 313 g/mol. The van der Waals surface area contributed by atoms with Gasteiger partial charge >= 0.3 is 0 Å². The molecule has 0 unspecified atom stereocenters. The second-order valence-electron chi connectivity index (χ2n) is 5.59. The number of amides is 1. The van der Waals surface area contributed by atoms with Crippen molar-refractivity contribution in [1.82, 2.24) is 4.90 Å². The quantitative estimate of drug-likeness (QED) is 0.846. The molecule has 0 N–H and O–H groups in total. The number of nitrogens with zero attached hydrogens (tertiary/aromatic N) is 1. The molecule has 0 atom stereocenters. The van der Waals surface area contributed by atoms with Crippen molar-refractivity contribution in [3.8, 4) is 11.5 Å². The third-order valence-electron chi connectivity index (χ3n) is 4.08. The van der Waals surface area contributed by atoms with Crippen molar-refractivity contribution in [3.05, 3.63) is 58.7 Å². The highest BCUT2D eigenvalue weighted by Gasteiger charge is 2.17. The number of hydrogen-bond donors (Lipinski definition) is 0. The van der Waals surface area contributed by atoms with Crippen LogP contribution in [0.3, 0.4) is 0 Å². The van der Waals surface area contributed by atoms with Gasteiger partial charge in [-0.25, -0.2) is 0 Å². The van der Waals surface area contributed by atoms with Crippen LogP contribution in [0.25, 0.3) is 0 Å². The van der Waals surface area contributed by atoms with E-state index in [1.54, 1.807) is 26.2 Å². The molecule has 0 bridgehead atoms. The van der Waals surface area contributed by atoms with Gasteiger partial charge in [-0.05, 0) is 43.2 Å². The van der Waals surface area contributed by atoms with E-state index < -0.39 is 0 Å². The topological polar surface area (TPSA) is 38.8 Å². The Bertz CT molecular complexity index is 710. The molecular weight excluding hydrogens is 290 g/mol. The van der Waals surface area contributed by atoms with Crippen molar-refractivity contribution in [3.63, 3.8) is 0 Å². The summed E-state index contributed by atoms with van der Waals surface area (Å²) in [7, 11) is 5.03. The van der Waals surface area contributed by atoms with Crippen molar-refractivity contribution < 1.29 is 14.3 Å². The lowest BCUT2D eigenvalue weighted by molar-refractivity contribution is 0.0783. The molecule has 2 aromatic carbocycles. The fraction of sp³-hybridized carbons (Fsp3) is 0.316. The molecule has 0 aliphatic rings. The first-order valence-corrected chi connectivity index (χ1v) is 7.50. The van der Waals surface area contributed by atoms with Crippen LogP contribution in [0.15, 0.2) is 36.4 Å². The predicted octanol–water partition coefficient (Wildman–Crippen LogP) is 3.59. The number of benzene rings is 2. The lowest BCUT2D eigenvalue weighted by atomic mass is 10.0.